The van der Waals surface area contributed by atoms with E-state index < -0.39 is 0 Å². The van der Waals surface area contributed by atoms with E-state index in [1.807, 2.05) is 11.0 Å². The fraction of sp³-hybridized carbons (Fsp3) is 0.462. The highest BCUT2D eigenvalue weighted by atomic mass is 79.9. The first-order valence-electron chi connectivity index (χ1n) is 6.26. The molecule has 1 atom stereocenters. The lowest BCUT2D eigenvalue weighted by Gasteiger charge is -2.29. The standard InChI is InChI=1S/C13H16BrN3O2/c14-11-3-4-12(15-6-11)16-13(19)8-17-5-1-2-10(7-17)9-18/h3-4,6,9-10H,1-2,5,7-8H2,(H,15,16,19). The van der Waals surface area contributed by atoms with Crippen molar-refractivity contribution >= 4 is 33.9 Å². The first-order chi connectivity index (χ1) is 9.17. The van der Waals surface area contributed by atoms with Gasteiger partial charge in [-0.05, 0) is 47.4 Å². The molecule has 1 amide bonds. The first-order valence-corrected chi connectivity index (χ1v) is 7.06. The maximum Gasteiger partial charge on any atom is 0.239 e. The molecule has 0 aromatic carbocycles. The van der Waals surface area contributed by atoms with Gasteiger partial charge in [-0.15, -0.1) is 0 Å². The summed E-state index contributed by atoms with van der Waals surface area (Å²) >= 11 is 3.29. The van der Waals surface area contributed by atoms with Gasteiger partial charge in [0.25, 0.3) is 0 Å². The van der Waals surface area contributed by atoms with E-state index in [0.29, 0.717) is 18.9 Å². The minimum atomic E-state index is -0.0960. The molecule has 0 radical (unpaired) electrons. The number of hydrogen-bond donors (Lipinski definition) is 1. The van der Waals surface area contributed by atoms with Crippen LogP contribution in [0.5, 0.6) is 0 Å². The number of aldehydes is 1. The van der Waals surface area contributed by atoms with E-state index in [9.17, 15) is 9.59 Å². The minimum absolute atomic E-state index is 0.0624. The largest absolute Gasteiger partial charge is 0.310 e. The number of rotatable bonds is 4. The van der Waals surface area contributed by atoms with Crippen LogP contribution in [0.1, 0.15) is 12.8 Å². The van der Waals surface area contributed by atoms with Crippen molar-refractivity contribution in [1.29, 1.82) is 0 Å². The second-order valence-electron chi connectivity index (χ2n) is 4.68. The highest BCUT2D eigenvalue weighted by molar-refractivity contribution is 9.10. The lowest BCUT2D eigenvalue weighted by Crippen LogP contribution is -2.40. The number of halogens is 1. The summed E-state index contributed by atoms with van der Waals surface area (Å²) in [7, 11) is 0. The van der Waals surface area contributed by atoms with Gasteiger partial charge >= 0.3 is 0 Å². The van der Waals surface area contributed by atoms with E-state index in [0.717, 1.165) is 30.1 Å². The third-order valence-electron chi connectivity index (χ3n) is 3.10. The third-order valence-corrected chi connectivity index (χ3v) is 3.57. The molecule has 19 heavy (non-hydrogen) atoms. The Morgan fingerprint density at radius 2 is 2.42 bits per heavy atom. The molecule has 1 unspecified atom stereocenters. The van der Waals surface area contributed by atoms with Gasteiger partial charge in [-0.3, -0.25) is 9.69 Å². The molecule has 0 aliphatic carbocycles. The number of nitrogens with one attached hydrogen (secondary N) is 1. The number of carbonyl (C=O) groups excluding carboxylic acids is 2. The molecule has 1 saturated heterocycles. The molecule has 1 N–H and O–H groups in total. The van der Waals surface area contributed by atoms with E-state index in [-0.39, 0.29) is 11.8 Å². The Kier molecular flexibility index (Phi) is 5.04. The van der Waals surface area contributed by atoms with E-state index in [1.165, 1.54) is 0 Å². The number of piperidine rings is 1. The molecule has 2 rings (SSSR count). The summed E-state index contributed by atoms with van der Waals surface area (Å²) in [5.74, 6) is 0.505. The van der Waals surface area contributed by atoms with Crippen molar-refractivity contribution in [3.63, 3.8) is 0 Å². The zero-order valence-electron chi connectivity index (χ0n) is 10.5. The van der Waals surface area contributed by atoms with Crippen LogP contribution in [-0.4, -0.2) is 41.7 Å². The quantitative estimate of drug-likeness (QED) is 0.856. The second-order valence-corrected chi connectivity index (χ2v) is 5.60. The number of hydrogen-bond acceptors (Lipinski definition) is 4. The second kappa shape index (κ2) is 6.77. The van der Waals surface area contributed by atoms with Crippen LogP contribution < -0.4 is 5.32 Å². The lowest BCUT2D eigenvalue weighted by molar-refractivity contribution is -0.119. The highest BCUT2D eigenvalue weighted by Crippen LogP contribution is 2.14. The van der Waals surface area contributed by atoms with Crippen molar-refractivity contribution in [1.82, 2.24) is 9.88 Å². The van der Waals surface area contributed by atoms with E-state index in [4.69, 9.17) is 0 Å². The zero-order chi connectivity index (χ0) is 13.7. The Balaban J connectivity index is 1.83. The van der Waals surface area contributed by atoms with Crippen molar-refractivity contribution in [3.8, 4) is 0 Å². The fourth-order valence-corrected chi connectivity index (χ4v) is 2.42. The smallest absolute Gasteiger partial charge is 0.239 e. The molecule has 1 aliphatic heterocycles. The number of pyridine rings is 1. The van der Waals surface area contributed by atoms with Crippen molar-refractivity contribution in [2.75, 3.05) is 25.0 Å². The normalized spacial score (nSPS) is 19.9. The summed E-state index contributed by atoms with van der Waals surface area (Å²) in [5, 5.41) is 2.75. The molecule has 1 aliphatic rings. The Labute approximate surface area is 120 Å². The Bertz CT molecular complexity index is 450. The van der Waals surface area contributed by atoms with Gasteiger partial charge in [0.05, 0.1) is 6.54 Å². The summed E-state index contributed by atoms with van der Waals surface area (Å²) in [6.45, 7) is 1.85. The van der Waals surface area contributed by atoms with Crippen LogP contribution in [0.2, 0.25) is 0 Å². The van der Waals surface area contributed by atoms with Gasteiger partial charge in [-0.25, -0.2) is 4.98 Å². The van der Waals surface area contributed by atoms with Crippen LogP contribution in [0.3, 0.4) is 0 Å². The number of likely N-dealkylation sites (tertiary alicyclic amines) is 1. The summed E-state index contributed by atoms with van der Waals surface area (Å²) in [5.41, 5.74) is 0. The van der Waals surface area contributed by atoms with E-state index in [1.54, 1.807) is 12.3 Å². The van der Waals surface area contributed by atoms with Gasteiger partial charge in [-0.1, -0.05) is 0 Å². The lowest BCUT2D eigenvalue weighted by atomic mass is 10.00. The fourth-order valence-electron chi connectivity index (χ4n) is 2.18. The van der Waals surface area contributed by atoms with Crippen LogP contribution in [-0.2, 0) is 9.59 Å². The van der Waals surface area contributed by atoms with Crippen molar-refractivity contribution in [2.24, 2.45) is 5.92 Å². The topological polar surface area (TPSA) is 62.3 Å². The van der Waals surface area contributed by atoms with Crippen molar-refractivity contribution in [2.45, 2.75) is 12.8 Å². The van der Waals surface area contributed by atoms with Crippen LogP contribution in [0, 0.1) is 5.92 Å². The molecule has 1 fully saturated rings. The molecule has 1 aromatic heterocycles. The van der Waals surface area contributed by atoms with E-state index in [2.05, 4.69) is 26.2 Å². The van der Waals surface area contributed by atoms with Crippen molar-refractivity contribution < 1.29 is 9.59 Å². The molecule has 6 heteroatoms. The van der Waals surface area contributed by atoms with Crippen LogP contribution in [0.4, 0.5) is 5.82 Å². The molecule has 102 valence electrons. The van der Waals surface area contributed by atoms with Gasteiger partial charge in [0.1, 0.15) is 12.1 Å². The number of aromatic nitrogens is 1. The number of anilines is 1. The number of nitrogens with zero attached hydrogens (tertiary/aromatic N) is 2. The molecule has 2 heterocycles. The summed E-state index contributed by atoms with van der Waals surface area (Å²) in [6.07, 6.45) is 4.52. The minimum Gasteiger partial charge on any atom is -0.310 e. The average molecular weight is 326 g/mol. The monoisotopic (exact) mass is 325 g/mol. The van der Waals surface area contributed by atoms with Crippen LogP contribution in [0.25, 0.3) is 0 Å². The summed E-state index contributed by atoms with van der Waals surface area (Å²) in [4.78, 5) is 28.7. The van der Waals surface area contributed by atoms with Gasteiger partial charge in [0.15, 0.2) is 0 Å². The Morgan fingerprint density at radius 3 is 3.11 bits per heavy atom. The van der Waals surface area contributed by atoms with E-state index >= 15 is 0 Å². The average Bonchev–Trinajstić information content (AvgIpc) is 2.41. The Hall–Kier alpha value is -1.27. The van der Waals surface area contributed by atoms with Gasteiger partial charge in [0, 0.05) is 23.1 Å². The SMILES string of the molecule is O=CC1CCCN(CC(=O)Nc2ccc(Br)cn2)C1. The molecule has 0 spiro atoms. The van der Waals surface area contributed by atoms with Crippen LogP contribution >= 0.6 is 15.9 Å². The highest BCUT2D eigenvalue weighted by Gasteiger charge is 2.21. The van der Waals surface area contributed by atoms with Crippen LogP contribution in [0.15, 0.2) is 22.8 Å². The number of amides is 1. The molecule has 1 aromatic rings. The van der Waals surface area contributed by atoms with Gasteiger partial charge in [-0.2, -0.15) is 0 Å². The molecule has 5 nitrogen and oxygen atoms in total. The van der Waals surface area contributed by atoms with Gasteiger partial charge in [0.2, 0.25) is 5.91 Å². The third kappa shape index (κ3) is 4.40. The summed E-state index contributed by atoms with van der Waals surface area (Å²) in [6, 6.07) is 3.57. The predicted octanol–water partition coefficient (Wildman–Crippen LogP) is 1.69. The maximum absolute atomic E-state index is 11.9. The molecule has 0 bridgehead atoms. The van der Waals surface area contributed by atoms with Crippen molar-refractivity contribution in [3.05, 3.63) is 22.8 Å². The molecular formula is C13H16BrN3O2. The van der Waals surface area contributed by atoms with Gasteiger partial charge < -0.3 is 10.1 Å². The predicted molar refractivity (Wildman–Crippen MR) is 75.8 cm³/mol. The molecule has 0 saturated carbocycles. The molecular weight excluding hydrogens is 310 g/mol. The Morgan fingerprint density at radius 1 is 1.58 bits per heavy atom. The zero-order valence-corrected chi connectivity index (χ0v) is 12.1. The first kappa shape index (κ1) is 14.1. The maximum atomic E-state index is 11.9. The number of carbonyl (C=O) groups is 2. The summed E-state index contributed by atoms with van der Waals surface area (Å²) < 4.78 is 0.871.